The Morgan fingerprint density at radius 1 is 0.927 bits per heavy atom. The van der Waals surface area contributed by atoms with Crippen LogP contribution in [0.25, 0.3) is 10.8 Å². The number of ether oxygens (including phenoxy) is 1. The summed E-state index contributed by atoms with van der Waals surface area (Å²) in [7, 11) is 1.37. The fourth-order valence-corrected chi connectivity index (χ4v) is 6.53. The molecule has 7 heteroatoms. The smallest absolute Gasteiger partial charge is 0.306 e. The maximum Gasteiger partial charge on any atom is 0.306 e. The molecule has 2 fully saturated rings. The highest BCUT2D eigenvalue weighted by Gasteiger charge is 2.30. The molecular formula is C34H49N3O4. The molecule has 2 aromatic rings. The highest BCUT2D eigenvalue weighted by Crippen LogP contribution is 2.38. The quantitative estimate of drug-likeness (QED) is 0.334. The maximum absolute atomic E-state index is 13.3. The number of hydrogen-bond donors (Lipinski definition) is 2. The van der Waals surface area contributed by atoms with Gasteiger partial charge < -0.3 is 15.4 Å². The first-order valence-corrected chi connectivity index (χ1v) is 15.4. The summed E-state index contributed by atoms with van der Waals surface area (Å²) in [6.07, 6.45) is 10.1. The average Bonchev–Trinajstić information content (AvgIpc) is 3.44. The second kappa shape index (κ2) is 12.9. The Hall–Kier alpha value is -2.96. The van der Waals surface area contributed by atoms with Crippen LogP contribution in [0.5, 0.6) is 0 Å². The molecule has 2 N–H and O–H groups in total. The number of aromatic nitrogens is 1. The van der Waals surface area contributed by atoms with Gasteiger partial charge >= 0.3 is 5.97 Å². The van der Waals surface area contributed by atoms with E-state index in [0.717, 1.165) is 48.6 Å². The number of benzene rings is 1. The number of pyridine rings is 1. The second-order valence-electron chi connectivity index (χ2n) is 14.2. The van der Waals surface area contributed by atoms with Gasteiger partial charge in [0.25, 0.3) is 11.8 Å². The summed E-state index contributed by atoms with van der Waals surface area (Å²) in [6, 6.07) is 7.79. The van der Waals surface area contributed by atoms with Crippen molar-refractivity contribution in [1.29, 1.82) is 0 Å². The number of carbonyl (C=O) groups is 3. The monoisotopic (exact) mass is 563 g/mol. The zero-order chi connectivity index (χ0) is 29.8. The number of nitrogens with one attached hydrogen (secondary N) is 2. The molecule has 2 aliphatic carbocycles. The van der Waals surface area contributed by atoms with Gasteiger partial charge in [-0.05, 0) is 78.4 Å². The van der Waals surface area contributed by atoms with E-state index in [9.17, 15) is 14.4 Å². The summed E-state index contributed by atoms with van der Waals surface area (Å²) in [5.74, 6) is 0.645. The molecule has 1 aromatic heterocycles. The van der Waals surface area contributed by atoms with Crippen LogP contribution in [0.15, 0.2) is 24.3 Å². The lowest BCUT2D eigenvalue weighted by Gasteiger charge is -2.37. The first kappa shape index (κ1) is 31.0. The summed E-state index contributed by atoms with van der Waals surface area (Å²) >= 11 is 0. The zero-order valence-corrected chi connectivity index (χ0v) is 25.9. The van der Waals surface area contributed by atoms with Gasteiger partial charge in [-0.25, -0.2) is 4.98 Å². The van der Waals surface area contributed by atoms with Gasteiger partial charge in [-0.15, -0.1) is 0 Å². The summed E-state index contributed by atoms with van der Waals surface area (Å²) < 4.78 is 4.80. The third kappa shape index (κ3) is 8.30. The van der Waals surface area contributed by atoms with Gasteiger partial charge in [-0.3, -0.25) is 14.4 Å². The Kier molecular flexibility index (Phi) is 9.76. The molecular weight excluding hydrogens is 514 g/mol. The highest BCUT2D eigenvalue weighted by molar-refractivity contribution is 6.01. The van der Waals surface area contributed by atoms with Crippen molar-refractivity contribution in [3.05, 3.63) is 41.2 Å². The number of nitrogens with zero attached hydrogens (tertiary/aromatic N) is 1. The maximum atomic E-state index is 13.3. The molecule has 2 saturated carbocycles. The molecule has 224 valence electrons. The van der Waals surface area contributed by atoms with Crippen LogP contribution in [0.3, 0.4) is 0 Å². The molecule has 0 unspecified atom stereocenters. The van der Waals surface area contributed by atoms with Crippen molar-refractivity contribution in [3.8, 4) is 0 Å². The van der Waals surface area contributed by atoms with Crippen LogP contribution in [0.1, 0.15) is 119 Å². The van der Waals surface area contributed by atoms with Gasteiger partial charge in [-0.2, -0.15) is 0 Å². The minimum atomic E-state index is -0.444. The van der Waals surface area contributed by atoms with Crippen LogP contribution < -0.4 is 10.6 Å². The predicted octanol–water partition coefficient (Wildman–Crippen LogP) is 6.62. The molecule has 4 rings (SSSR count). The summed E-state index contributed by atoms with van der Waals surface area (Å²) in [6.45, 7) is 11.1. The van der Waals surface area contributed by atoms with Gasteiger partial charge in [0.2, 0.25) is 0 Å². The van der Waals surface area contributed by atoms with Crippen LogP contribution >= 0.6 is 0 Å². The normalized spacial score (nSPS) is 20.1. The largest absolute Gasteiger partial charge is 0.469 e. The molecule has 2 amide bonds. The third-order valence-electron chi connectivity index (χ3n) is 9.23. The topological polar surface area (TPSA) is 97.4 Å². The molecule has 0 atom stereocenters. The molecule has 0 spiro atoms. The lowest BCUT2D eigenvalue weighted by molar-refractivity contribution is -0.142. The van der Waals surface area contributed by atoms with Crippen molar-refractivity contribution < 1.29 is 19.1 Å². The van der Waals surface area contributed by atoms with E-state index < -0.39 is 5.41 Å². The van der Waals surface area contributed by atoms with Crippen molar-refractivity contribution >= 4 is 28.6 Å². The van der Waals surface area contributed by atoms with E-state index in [4.69, 9.17) is 9.72 Å². The van der Waals surface area contributed by atoms with E-state index in [0.29, 0.717) is 35.1 Å². The van der Waals surface area contributed by atoms with E-state index in [2.05, 4.69) is 31.4 Å². The number of esters is 1. The average molecular weight is 564 g/mol. The first-order chi connectivity index (χ1) is 19.3. The van der Waals surface area contributed by atoms with Crippen molar-refractivity contribution in [2.24, 2.45) is 22.7 Å². The van der Waals surface area contributed by atoms with E-state index in [1.54, 1.807) is 0 Å². The summed E-state index contributed by atoms with van der Waals surface area (Å²) in [4.78, 5) is 43.1. The standard InChI is InChI=1S/C34H49N3O4/c1-33(2,3)25-13-15-26(16-14-25)36-31(39)24-12-11-23-19-29(32(40)35-21-34(4,5)20-30(38)41-6)37-28(27(23)18-24)17-22-9-7-8-10-22/h11-12,18-19,22,25-26H,7-10,13-17,20-21H2,1-6H3,(H,35,40)(H,36,39). The third-order valence-corrected chi connectivity index (χ3v) is 9.23. The molecule has 1 heterocycles. The first-order valence-electron chi connectivity index (χ1n) is 15.4. The molecule has 0 aliphatic heterocycles. The van der Waals surface area contributed by atoms with Crippen molar-refractivity contribution in [2.75, 3.05) is 13.7 Å². The minimum absolute atomic E-state index is 0.0346. The fourth-order valence-electron chi connectivity index (χ4n) is 6.53. The van der Waals surface area contributed by atoms with Gasteiger partial charge in [0.15, 0.2) is 0 Å². The Bertz CT molecular complexity index is 1250. The van der Waals surface area contributed by atoms with Crippen molar-refractivity contribution in [1.82, 2.24) is 15.6 Å². The second-order valence-corrected chi connectivity index (χ2v) is 14.2. The molecule has 7 nitrogen and oxygen atoms in total. The zero-order valence-electron chi connectivity index (χ0n) is 25.9. The Morgan fingerprint density at radius 3 is 2.24 bits per heavy atom. The Labute approximate surface area is 245 Å². The summed E-state index contributed by atoms with van der Waals surface area (Å²) in [5, 5.41) is 8.11. The van der Waals surface area contributed by atoms with E-state index in [-0.39, 0.29) is 30.2 Å². The minimum Gasteiger partial charge on any atom is -0.469 e. The van der Waals surface area contributed by atoms with Crippen molar-refractivity contribution in [3.63, 3.8) is 0 Å². The number of hydrogen-bond acceptors (Lipinski definition) is 5. The van der Waals surface area contributed by atoms with Crippen LogP contribution in [0.2, 0.25) is 0 Å². The molecule has 2 aliphatic rings. The SMILES string of the molecule is COC(=O)CC(C)(C)CNC(=O)c1cc2ccc(C(=O)NC3CCC(C(C)(C)C)CC3)cc2c(CC2CCCC2)n1. The van der Waals surface area contributed by atoms with Gasteiger partial charge in [0.05, 0.1) is 13.5 Å². The number of amides is 2. The van der Waals surface area contributed by atoms with E-state index >= 15 is 0 Å². The van der Waals surface area contributed by atoms with Crippen molar-refractivity contribution in [2.45, 2.75) is 105 Å². The van der Waals surface area contributed by atoms with Gasteiger partial charge in [0, 0.05) is 29.2 Å². The summed E-state index contributed by atoms with van der Waals surface area (Å²) in [5.41, 5.74) is 1.76. The fraction of sp³-hybridized carbons (Fsp3) is 0.647. The van der Waals surface area contributed by atoms with Gasteiger partial charge in [-0.1, -0.05) is 66.4 Å². The van der Waals surface area contributed by atoms with Gasteiger partial charge in [0.1, 0.15) is 5.69 Å². The highest BCUT2D eigenvalue weighted by atomic mass is 16.5. The van der Waals surface area contributed by atoms with Crippen LogP contribution in [0, 0.1) is 22.7 Å². The number of fused-ring (bicyclic) bond motifs is 1. The van der Waals surface area contributed by atoms with E-state index in [1.165, 1.54) is 32.8 Å². The van der Waals surface area contributed by atoms with Crippen LogP contribution in [0.4, 0.5) is 0 Å². The molecule has 0 saturated heterocycles. The van der Waals surface area contributed by atoms with Crippen LogP contribution in [-0.2, 0) is 16.0 Å². The Morgan fingerprint density at radius 2 is 1.61 bits per heavy atom. The lowest BCUT2D eigenvalue weighted by Crippen LogP contribution is -2.39. The molecule has 0 radical (unpaired) electrons. The number of rotatable bonds is 9. The number of methoxy groups -OCH3 is 1. The lowest BCUT2D eigenvalue weighted by atomic mass is 9.71. The van der Waals surface area contributed by atoms with E-state index in [1.807, 2.05) is 38.1 Å². The molecule has 1 aromatic carbocycles. The molecule has 41 heavy (non-hydrogen) atoms. The number of carbonyl (C=O) groups excluding carboxylic acids is 3. The van der Waals surface area contributed by atoms with Crippen LogP contribution in [-0.4, -0.2) is 42.5 Å². The Balaban J connectivity index is 1.52. The predicted molar refractivity (Wildman–Crippen MR) is 163 cm³/mol. The molecule has 0 bridgehead atoms.